The van der Waals surface area contributed by atoms with Crippen molar-refractivity contribution in [1.82, 2.24) is 10.2 Å². The fraction of sp³-hybridized carbons (Fsp3) is 0.500. The number of halogens is 1. The van der Waals surface area contributed by atoms with Crippen LogP contribution in [0, 0.1) is 0 Å². The third-order valence-electron chi connectivity index (χ3n) is 3.67. The van der Waals surface area contributed by atoms with Gasteiger partial charge in [-0.1, -0.05) is 29.8 Å². The van der Waals surface area contributed by atoms with E-state index in [2.05, 4.69) is 5.32 Å². The predicted molar refractivity (Wildman–Crippen MR) is 75.1 cm³/mol. The summed E-state index contributed by atoms with van der Waals surface area (Å²) in [5, 5.41) is 13.7. The van der Waals surface area contributed by atoms with Gasteiger partial charge in [0, 0.05) is 30.2 Å². The standard InChI is InChI=1S/C14H19ClN2O2/c1-14(2)13(19)16-7-8-17(14)9-12(18)10-5-3-4-6-11(10)15/h3-6,12,18H,7-9H2,1-2H3,(H,16,19). The molecule has 2 N–H and O–H groups in total. The fourth-order valence-electron chi connectivity index (χ4n) is 2.32. The second kappa shape index (κ2) is 5.49. The van der Waals surface area contributed by atoms with E-state index in [1.807, 2.05) is 36.9 Å². The number of amides is 1. The lowest BCUT2D eigenvalue weighted by atomic mass is 9.97. The number of carbonyl (C=O) groups is 1. The molecular formula is C14H19ClN2O2. The number of hydrogen-bond donors (Lipinski definition) is 2. The zero-order valence-electron chi connectivity index (χ0n) is 11.2. The zero-order chi connectivity index (χ0) is 14.0. The van der Waals surface area contributed by atoms with Gasteiger partial charge in [-0.3, -0.25) is 9.69 Å². The largest absolute Gasteiger partial charge is 0.387 e. The lowest BCUT2D eigenvalue weighted by Crippen LogP contribution is -2.62. The molecule has 1 fully saturated rings. The van der Waals surface area contributed by atoms with Crippen molar-refractivity contribution >= 4 is 17.5 Å². The van der Waals surface area contributed by atoms with Crippen LogP contribution in [-0.2, 0) is 4.79 Å². The molecule has 1 unspecified atom stereocenters. The van der Waals surface area contributed by atoms with E-state index in [0.717, 1.165) is 6.54 Å². The van der Waals surface area contributed by atoms with E-state index < -0.39 is 11.6 Å². The van der Waals surface area contributed by atoms with Gasteiger partial charge in [0.15, 0.2) is 0 Å². The molecule has 1 atom stereocenters. The van der Waals surface area contributed by atoms with Gasteiger partial charge in [-0.05, 0) is 19.9 Å². The molecule has 1 saturated heterocycles. The van der Waals surface area contributed by atoms with Crippen molar-refractivity contribution in [3.05, 3.63) is 34.9 Å². The van der Waals surface area contributed by atoms with Crippen LogP contribution < -0.4 is 5.32 Å². The van der Waals surface area contributed by atoms with E-state index in [4.69, 9.17) is 11.6 Å². The molecule has 0 radical (unpaired) electrons. The quantitative estimate of drug-likeness (QED) is 0.885. The first kappa shape index (κ1) is 14.3. The van der Waals surface area contributed by atoms with Crippen LogP contribution in [0.4, 0.5) is 0 Å². The van der Waals surface area contributed by atoms with Crippen LogP contribution in [0.25, 0.3) is 0 Å². The van der Waals surface area contributed by atoms with Crippen molar-refractivity contribution < 1.29 is 9.90 Å². The number of hydrogen-bond acceptors (Lipinski definition) is 3. The molecule has 1 heterocycles. The summed E-state index contributed by atoms with van der Waals surface area (Å²) >= 11 is 6.08. The van der Waals surface area contributed by atoms with Crippen molar-refractivity contribution in [2.75, 3.05) is 19.6 Å². The minimum atomic E-state index is -0.695. The predicted octanol–water partition coefficient (Wildman–Crippen LogP) is 1.58. The molecule has 104 valence electrons. The number of β-amino-alcohol motifs (C(OH)–C–C–N with tert-alkyl or cyclic N) is 1. The highest BCUT2D eigenvalue weighted by molar-refractivity contribution is 6.31. The summed E-state index contributed by atoms with van der Waals surface area (Å²) in [7, 11) is 0. The van der Waals surface area contributed by atoms with E-state index in [9.17, 15) is 9.90 Å². The number of benzene rings is 1. The number of aliphatic hydroxyl groups is 1. The second-order valence-corrected chi connectivity index (χ2v) is 5.71. The van der Waals surface area contributed by atoms with Crippen molar-refractivity contribution in [2.24, 2.45) is 0 Å². The maximum Gasteiger partial charge on any atom is 0.240 e. The van der Waals surface area contributed by atoms with Crippen LogP contribution in [0.1, 0.15) is 25.5 Å². The minimum absolute atomic E-state index is 0.00916. The first-order chi connectivity index (χ1) is 8.93. The van der Waals surface area contributed by atoms with Crippen molar-refractivity contribution in [3.63, 3.8) is 0 Å². The van der Waals surface area contributed by atoms with Crippen LogP contribution >= 0.6 is 11.6 Å². The van der Waals surface area contributed by atoms with Gasteiger partial charge in [0.1, 0.15) is 0 Å². The highest BCUT2D eigenvalue weighted by atomic mass is 35.5. The normalized spacial score (nSPS) is 20.9. The molecule has 0 saturated carbocycles. The lowest BCUT2D eigenvalue weighted by molar-refractivity contribution is -0.136. The maximum absolute atomic E-state index is 11.9. The molecule has 19 heavy (non-hydrogen) atoms. The first-order valence-electron chi connectivity index (χ1n) is 6.39. The van der Waals surface area contributed by atoms with E-state index in [1.54, 1.807) is 6.07 Å². The molecule has 0 aromatic heterocycles. The highest BCUT2D eigenvalue weighted by Gasteiger charge is 2.38. The molecule has 1 amide bonds. The van der Waals surface area contributed by atoms with Crippen LogP contribution in [-0.4, -0.2) is 41.1 Å². The molecule has 1 aliphatic rings. The third kappa shape index (κ3) is 2.91. The fourth-order valence-corrected chi connectivity index (χ4v) is 2.58. The Morgan fingerprint density at radius 2 is 2.16 bits per heavy atom. The summed E-state index contributed by atoms with van der Waals surface area (Å²) in [4.78, 5) is 13.8. The number of nitrogens with zero attached hydrogens (tertiary/aromatic N) is 1. The first-order valence-corrected chi connectivity index (χ1v) is 6.76. The SMILES string of the molecule is CC1(C)C(=O)NCCN1CC(O)c1ccccc1Cl. The summed E-state index contributed by atoms with van der Waals surface area (Å²) in [5.74, 6) is -0.00916. The molecule has 1 aromatic rings. The summed E-state index contributed by atoms with van der Waals surface area (Å²) in [6.07, 6.45) is -0.695. The van der Waals surface area contributed by atoms with Gasteiger partial charge in [-0.25, -0.2) is 0 Å². The molecule has 4 nitrogen and oxygen atoms in total. The molecule has 2 rings (SSSR count). The Labute approximate surface area is 118 Å². The number of piperazine rings is 1. The number of carbonyl (C=O) groups excluding carboxylic acids is 1. The Morgan fingerprint density at radius 3 is 2.84 bits per heavy atom. The maximum atomic E-state index is 11.9. The Morgan fingerprint density at radius 1 is 1.47 bits per heavy atom. The zero-order valence-corrected chi connectivity index (χ0v) is 11.9. The Balaban J connectivity index is 2.12. The van der Waals surface area contributed by atoms with Gasteiger partial charge >= 0.3 is 0 Å². The molecule has 1 aromatic carbocycles. The van der Waals surface area contributed by atoms with Crippen molar-refractivity contribution in [2.45, 2.75) is 25.5 Å². The van der Waals surface area contributed by atoms with E-state index in [-0.39, 0.29) is 5.91 Å². The summed E-state index contributed by atoms with van der Waals surface area (Å²) in [5.41, 5.74) is 0.0893. The average Bonchev–Trinajstić information content (AvgIpc) is 2.36. The van der Waals surface area contributed by atoms with Gasteiger partial charge in [-0.15, -0.1) is 0 Å². The van der Waals surface area contributed by atoms with Gasteiger partial charge < -0.3 is 10.4 Å². The summed E-state index contributed by atoms with van der Waals surface area (Å²) in [6, 6.07) is 7.24. The van der Waals surface area contributed by atoms with Gasteiger partial charge in [0.05, 0.1) is 11.6 Å². The third-order valence-corrected chi connectivity index (χ3v) is 4.02. The molecule has 5 heteroatoms. The van der Waals surface area contributed by atoms with E-state index in [1.165, 1.54) is 0 Å². The van der Waals surface area contributed by atoms with Gasteiger partial charge in [0.25, 0.3) is 0 Å². The van der Waals surface area contributed by atoms with Crippen LogP contribution in [0.3, 0.4) is 0 Å². The number of rotatable bonds is 3. The number of nitrogens with one attached hydrogen (secondary N) is 1. The average molecular weight is 283 g/mol. The van der Waals surface area contributed by atoms with E-state index in [0.29, 0.717) is 23.7 Å². The van der Waals surface area contributed by atoms with Gasteiger partial charge in [-0.2, -0.15) is 0 Å². The lowest BCUT2D eigenvalue weighted by Gasteiger charge is -2.42. The molecular weight excluding hydrogens is 264 g/mol. The Kier molecular flexibility index (Phi) is 4.13. The van der Waals surface area contributed by atoms with Crippen LogP contribution in [0.5, 0.6) is 0 Å². The number of aliphatic hydroxyl groups excluding tert-OH is 1. The van der Waals surface area contributed by atoms with Gasteiger partial charge in [0.2, 0.25) is 5.91 Å². The van der Waals surface area contributed by atoms with E-state index >= 15 is 0 Å². The minimum Gasteiger partial charge on any atom is -0.387 e. The van der Waals surface area contributed by atoms with Crippen LogP contribution in [0.15, 0.2) is 24.3 Å². The summed E-state index contributed by atoms with van der Waals surface area (Å²) in [6.45, 7) is 5.45. The van der Waals surface area contributed by atoms with Crippen LogP contribution in [0.2, 0.25) is 5.02 Å². The Hall–Kier alpha value is -1.10. The highest BCUT2D eigenvalue weighted by Crippen LogP contribution is 2.26. The van der Waals surface area contributed by atoms with Crippen molar-refractivity contribution in [3.8, 4) is 0 Å². The Bertz CT molecular complexity index is 476. The smallest absolute Gasteiger partial charge is 0.240 e. The van der Waals surface area contributed by atoms with Crippen molar-refractivity contribution in [1.29, 1.82) is 0 Å². The molecule has 0 aliphatic carbocycles. The molecule has 0 bridgehead atoms. The topological polar surface area (TPSA) is 52.6 Å². The molecule has 0 spiro atoms. The second-order valence-electron chi connectivity index (χ2n) is 5.30. The summed E-state index contributed by atoms with van der Waals surface area (Å²) < 4.78 is 0. The monoisotopic (exact) mass is 282 g/mol. The molecule has 1 aliphatic heterocycles.